The average molecular weight is 402 g/mol. The van der Waals surface area contributed by atoms with Crippen LogP contribution >= 0.6 is 0 Å². The highest BCUT2D eigenvalue weighted by molar-refractivity contribution is 7.92. The van der Waals surface area contributed by atoms with Crippen molar-refractivity contribution in [3.63, 3.8) is 0 Å². The molecule has 148 valence electrons. The van der Waals surface area contributed by atoms with Gasteiger partial charge in [-0.2, -0.15) is 0 Å². The van der Waals surface area contributed by atoms with Gasteiger partial charge < -0.3 is 5.11 Å². The molecular formula is C21H23FN2O3S. The smallest absolute Gasteiger partial charge is 0.262 e. The van der Waals surface area contributed by atoms with Gasteiger partial charge in [0.1, 0.15) is 5.82 Å². The van der Waals surface area contributed by atoms with Gasteiger partial charge in [-0.1, -0.05) is 18.2 Å². The Hall–Kier alpha value is -2.77. The Morgan fingerprint density at radius 2 is 1.57 bits per heavy atom. The van der Waals surface area contributed by atoms with Crippen molar-refractivity contribution in [3.05, 3.63) is 89.5 Å². The molecule has 28 heavy (non-hydrogen) atoms. The van der Waals surface area contributed by atoms with Gasteiger partial charge in [-0.15, -0.1) is 0 Å². The van der Waals surface area contributed by atoms with E-state index in [0.717, 1.165) is 23.6 Å². The topological polar surface area (TPSA) is 79.3 Å². The monoisotopic (exact) mass is 402 g/mol. The van der Waals surface area contributed by atoms with Gasteiger partial charge in [-0.25, -0.2) is 12.8 Å². The van der Waals surface area contributed by atoms with Gasteiger partial charge in [0.05, 0.1) is 4.90 Å². The number of hydrogen-bond donors (Lipinski definition) is 2. The molecule has 3 aromatic rings. The standard InChI is InChI=1S/C19H17FN2O2S.C2H6O/c1-14-2-5-17(20)13-19(14)25(23,24)22-18-6-3-15(4-7-18)12-16-8-10-21-11-9-16;1-2-3/h2-11,13,22H,12H2,1H3;3H,2H2,1H3. The molecule has 0 saturated heterocycles. The highest BCUT2D eigenvalue weighted by Crippen LogP contribution is 2.21. The molecule has 0 amide bonds. The molecule has 0 aliphatic rings. The van der Waals surface area contributed by atoms with Crippen molar-refractivity contribution in [1.29, 1.82) is 0 Å². The molecule has 1 heterocycles. The first-order valence-corrected chi connectivity index (χ1v) is 10.2. The lowest BCUT2D eigenvalue weighted by Crippen LogP contribution is -2.14. The van der Waals surface area contributed by atoms with Crippen LogP contribution in [0.25, 0.3) is 0 Å². The predicted octanol–water partition coefficient (Wildman–Crippen LogP) is 3.92. The minimum Gasteiger partial charge on any atom is -0.397 e. The molecule has 7 heteroatoms. The van der Waals surface area contributed by atoms with Crippen LogP contribution < -0.4 is 4.72 Å². The number of aliphatic hydroxyl groups is 1. The third kappa shape index (κ3) is 6.14. The number of hydrogen-bond acceptors (Lipinski definition) is 4. The number of aromatic nitrogens is 1. The molecule has 2 aromatic carbocycles. The highest BCUT2D eigenvalue weighted by Gasteiger charge is 2.17. The summed E-state index contributed by atoms with van der Waals surface area (Å²) in [6.45, 7) is 3.56. The van der Waals surface area contributed by atoms with Crippen LogP contribution in [0.4, 0.5) is 10.1 Å². The van der Waals surface area contributed by atoms with E-state index in [1.165, 1.54) is 12.1 Å². The van der Waals surface area contributed by atoms with Gasteiger partial charge in [0.15, 0.2) is 0 Å². The van der Waals surface area contributed by atoms with E-state index in [9.17, 15) is 12.8 Å². The van der Waals surface area contributed by atoms with E-state index in [4.69, 9.17) is 5.11 Å². The molecule has 5 nitrogen and oxygen atoms in total. The molecule has 0 aliphatic heterocycles. The van der Waals surface area contributed by atoms with Crippen molar-refractivity contribution < 1.29 is 17.9 Å². The molecule has 0 unspecified atom stereocenters. The zero-order chi connectivity index (χ0) is 20.6. The van der Waals surface area contributed by atoms with Crippen molar-refractivity contribution in [2.45, 2.75) is 25.2 Å². The van der Waals surface area contributed by atoms with Crippen LogP contribution in [0, 0.1) is 12.7 Å². The van der Waals surface area contributed by atoms with Crippen LogP contribution in [0.3, 0.4) is 0 Å². The summed E-state index contributed by atoms with van der Waals surface area (Å²) in [7, 11) is -3.84. The van der Waals surface area contributed by atoms with Crippen LogP contribution in [-0.4, -0.2) is 25.1 Å². The van der Waals surface area contributed by atoms with Crippen LogP contribution in [0.2, 0.25) is 0 Å². The van der Waals surface area contributed by atoms with E-state index >= 15 is 0 Å². The Labute approximate surface area is 165 Å². The highest BCUT2D eigenvalue weighted by atomic mass is 32.2. The van der Waals surface area contributed by atoms with E-state index in [0.29, 0.717) is 11.3 Å². The summed E-state index contributed by atoms with van der Waals surface area (Å²) in [6, 6.07) is 14.7. The molecule has 2 N–H and O–H groups in total. The lowest BCUT2D eigenvalue weighted by atomic mass is 10.1. The molecule has 0 aliphatic carbocycles. The molecule has 1 aromatic heterocycles. The fourth-order valence-electron chi connectivity index (χ4n) is 2.50. The van der Waals surface area contributed by atoms with Crippen LogP contribution in [0.15, 0.2) is 71.9 Å². The van der Waals surface area contributed by atoms with Gasteiger partial charge >= 0.3 is 0 Å². The second-order valence-electron chi connectivity index (χ2n) is 6.06. The number of aryl methyl sites for hydroxylation is 1. The lowest BCUT2D eigenvalue weighted by molar-refractivity contribution is 0.318. The third-order valence-corrected chi connectivity index (χ3v) is 5.33. The van der Waals surface area contributed by atoms with Crippen LogP contribution in [-0.2, 0) is 16.4 Å². The number of halogens is 1. The maximum atomic E-state index is 13.4. The predicted molar refractivity (Wildman–Crippen MR) is 108 cm³/mol. The summed E-state index contributed by atoms with van der Waals surface area (Å²) in [5.41, 5.74) is 3.10. The minimum atomic E-state index is -3.84. The van der Waals surface area contributed by atoms with Crippen LogP contribution in [0.1, 0.15) is 23.6 Å². The SMILES string of the molecule is CCO.Cc1ccc(F)cc1S(=O)(=O)Nc1ccc(Cc2ccncc2)cc1. The van der Waals surface area contributed by atoms with Crippen molar-refractivity contribution in [2.24, 2.45) is 0 Å². The summed E-state index contributed by atoms with van der Waals surface area (Å²) in [5, 5.41) is 7.57. The number of nitrogens with one attached hydrogen (secondary N) is 1. The molecule has 0 saturated carbocycles. The molecule has 0 fully saturated rings. The normalized spacial score (nSPS) is 10.7. The number of rotatable bonds is 5. The Kier molecular flexibility index (Phi) is 7.66. The van der Waals surface area contributed by atoms with E-state index in [-0.39, 0.29) is 11.5 Å². The Morgan fingerprint density at radius 3 is 2.18 bits per heavy atom. The number of benzene rings is 2. The number of sulfonamides is 1. The zero-order valence-electron chi connectivity index (χ0n) is 15.8. The summed E-state index contributed by atoms with van der Waals surface area (Å²) < 4.78 is 40.8. The van der Waals surface area contributed by atoms with E-state index in [1.807, 2.05) is 24.3 Å². The van der Waals surface area contributed by atoms with E-state index < -0.39 is 15.8 Å². The Bertz CT molecular complexity index is 992. The first-order chi connectivity index (χ1) is 13.4. The number of aliphatic hydroxyl groups excluding tert-OH is 1. The summed E-state index contributed by atoms with van der Waals surface area (Å²) >= 11 is 0. The number of anilines is 1. The molecular weight excluding hydrogens is 379 g/mol. The minimum absolute atomic E-state index is 0.0617. The largest absolute Gasteiger partial charge is 0.397 e. The quantitative estimate of drug-likeness (QED) is 0.678. The maximum absolute atomic E-state index is 13.4. The summed E-state index contributed by atoms with van der Waals surface area (Å²) in [4.78, 5) is 3.92. The van der Waals surface area contributed by atoms with Crippen molar-refractivity contribution >= 4 is 15.7 Å². The number of nitrogens with zero attached hydrogens (tertiary/aromatic N) is 1. The average Bonchev–Trinajstić information content (AvgIpc) is 2.66. The van der Waals surface area contributed by atoms with Crippen molar-refractivity contribution in [1.82, 2.24) is 4.98 Å². The van der Waals surface area contributed by atoms with Crippen molar-refractivity contribution in [2.75, 3.05) is 11.3 Å². The molecule has 0 radical (unpaired) electrons. The molecule has 3 rings (SSSR count). The fourth-order valence-corrected chi connectivity index (χ4v) is 3.82. The molecule has 0 bridgehead atoms. The first kappa shape index (κ1) is 21.5. The van der Waals surface area contributed by atoms with Gasteiger partial charge in [-0.3, -0.25) is 9.71 Å². The van der Waals surface area contributed by atoms with E-state index in [1.54, 1.807) is 38.4 Å². The molecule has 0 atom stereocenters. The Balaban J connectivity index is 0.000000878. The second-order valence-corrected chi connectivity index (χ2v) is 7.71. The van der Waals surface area contributed by atoms with E-state index in [2.05, 4.69) is 9.71 Å². The van der Waals surface area contributed by atoms with Crippen LogP contribution in [0.5, 0.6) is 0 Å². The Morgan fingerprint density at radius 1 is 1.00 bits per heavy atom. The third-order valence-electron chi connectivity index (χ3n) is 3.80. The van der Waals surface area contributed by atoms with Gasteiger partial charge in [0.25, 0.3) is 10.0 Å². The van der Waals surface area contributed by atoms with Crippen molar-refractivity contribution in [3.8, 4) is 0 Å². The zero-order valence-corrected chi connectivity index (χ0v) is 16.6. The summed E-state index contributed by atoms with van der Waals surface area (Å²) in [6.07, 6.45) is 4.21. The van der Waals surface area contributed by atoms with Gasteiger partial charge in [-0.05, 0) is 73.4 Å². The number of pyridine rings is 1. The summed E-state index contributed by atoms with van der Waals surface area (Å²) in [5.74, 6) is -0.585. The molecule has 0 spiro atoms. The fraction of sp³-hybridized carbons (Fsp3) is 0.190. The second kappa shape index (κ2) is 9.96. The lowest BCUT2D eigenvalue weighted by Gasteiger charge is -2.11. The maximum Gasteiger partial charge on any atom is 0.262 e. The van der Waals surface area contributed by atoms with Gasteiger partial charge in [0, 0.05) is 24.7 Å². The first-order valence-electron chi connectivity index (χ1n) is 8.73. The van der Waals surface area contributed by atoms with Gasteiger partial charge in [0.2, 0.25) is 0 Å².